The first-order valence-electron chi connectivity index (χ1n) is 8.03. The Hall–Kier alpha value is -2.64. The van der Waals surface area contributed by atoms with Crippen LogP contribution in [0, 0.1) is 0 Å². The Labute approximate surface area is 156 Å². The maximum absolute atomic E-state index is 12.4. The molecule has 2 N–H and O–H groups in total. The number of rotatable bonds is 7. The molecule has 1 heterocycles. The van der Waals surface area contributed by atoms with E-state index in [2.05, 4.69) is 10.0 Å². The molecule has 0 atom stereocenters. The number of para-hydroxylation sites is 1. The minimum atomic E-state index is -3.68. The summed E-state index contributed by atoms with van der Waals surface area (Å²) in [6.07, 6.45) is 0.775. The van der Waals surface area contributed by atoms with Crippen LogP contribution < -0.4 is 10.0 Å². The van der Waals surface area contributed by atoms with E-state index < -0.39 is 10.0 Å². The molecule has 1 amide bonds. The molecule has 0 unspecified atom stereocenters. The number of hydrogen-bond acceptors (Lipinski definition) is 4. The summed E-state index contributed by atoms with van der Waals surface area (Å²) >= 11 is 1.65. The van der Waals surface area contributed by atoms with Crippen molar-refractivity contribution < 1.29 is 13.2 Å². The Balaban J connectivity index is 1.61. The van der Waals surface area contributed by atoms with Gasteiger partial charge in [0.1, 0.15) is 0 Å². The highest BCUT2D eigenvalue weighted by Crippen LogP contribution is 2.16. The fourth-order valence-electron chi connectivity index (χ4n) is 2.36. The molecule has 0 bridgehead atoms. The lowest BCUT2D eigenvalue weighted by molar-refractivity contribution is 0.0954. The third-order valence-corrected chi connectivity index (χ3v) is 6.02. The van der Waals surface area contributed by atoms with E-state index in [0.717, 1.165) is 6.42 Å². The van der Waals surface area contributed by atoms with E-state index in [9.17, 15) is 13.2 Å². The van der Waals surface area contributed by atoms with Gasteiger partial charge in [-0.2, -0.15) is 0 Å². The second kappa shape index (κ2) is 8.16. The average molecular weight is 386 g/mol. The van der Waals surface area contributed by atoms with Crippen LogP contribution in [0.5, 0.6) is 0 Å². The highest BCUT2D eigenvalue weighted by molar-refractivity contribution is 7.92. The maximum atomic E-state index is 12.4. The zero-order valence-electron chi connectivity index (χ0n) is 13.9. The fraction of sp³-hybridized carbons (Fsp3) is 0.105. The number of hydrogen-bond donors (Lipinski definition) is 2. The molecule has 0 saturated heterocycles. The van der Waals surface area contributed by atoms with E-state index in [1.165, 1.54) is 29.1 Å². The van der Waals surface area contributed by atoms with E-state index in [1.54, 1.807) is 35.6 Å². The van der Waals surface area contributed by atoms with Crippen molar-refractivity contribution in [3.05, 3.63) is 82.6 Å². The largest absolute Gasteiger partial charge is 0.352 e. The van der Waals surface area contributed by atoms with E-state index in [0.29, 0.717) is 17.8 Å². The van der Waals surface area contributed by atoms with Gasteiger partial charge in [-0.1, -0.05) is 24.3 Å². The predicted molar refractivity (Wildman–Crippen MR) is 104 cm³/mol. The van der Waals surface area contributed by atoms with E-state index in [4.69, 9.17) is 0 Å². The number of carbonyl (C=O) groups excluding carboxylic acids is 1. The number of nitrogens with one attached hydrogen (secondary N) is 2. The van der Waals surface area contributed by atoms with Crippen LogP contribution in [0.2, 0.25) is 0 Å². The molecule has 0 saturated carbocycles. The second-order valence-electron chi connectivity index (χ2n) is 5.58. The van der Waals surface area contributed by atoms with Crippen LogP contribution in [0.25, 0.3) is 0 Å². The predicted octanol–water partition coefficient (Wildman–Crippen LogP) is 3.52. The number of anilines is 1. The van der Waals surface area contributed by atoms with Crippen molar-refractivity contribution in [2.75, 3.05) is 11.3 Å². The lowest BCUT2D eigenvalue weighted by Crippen LogP contribution is -2.25. The standard InChI is InChI=1S/C19H18N2O3S2/c22-19(20-13-12-17-7-4-14-25-17)15-8-10-18(11-9-15)26(23,24)21-16-5-2-1-3-6-16/h1-11,14,21H,12-13H2,(H,20,22). The van der Waals surface area contributed by atoms with Crippen LogP contribution in [-0.2, 0) is 16.4 Å². The molecular weight excluding hydrogens is 368 g/mol. The number of sulfonamides is 1. The van der Waals surface area contributed by atoms with Gasteiger partial charge in [0.25, 0.3) is 15.9 Å². The van der Waals surface area contributed by atoms with Gasteiger partial charge in [-0.3, -0.25) is 9.52 Å². The number of amides is 1. The quantitative estimate of drug-likeness (QED) is 0.652. The topological polar surface area (TPSA) is 75.3 Å². The van der Waals surface area contributed by atoms with Gasteiger partial charge in [0.05, 0.1) is 4.90 Å². The molecule has 7 heteroatoms. The van der Waals surface area contributed by atoms with Crippen LogP contribution >= 0.6 is 11.3 Å². The fourth-order valence-corrected chi connectivity index (χ4v) is 4.13. The zero-order chi connectivity index (χ0) is 18.4. The van der Waals surface area contributed by atoms with Crippen molar-refractivity contribution in [2.24, 2.45) is 0 Å². The molecule has 1 aromatic heterocycles. The molecule has 0 aliphatic heterocycles. The minimum Gasteiger partial charge on any atom is -0.352 e. The molecule has 3 aromatic rings. The summed E-state index contributed by atoms with van der Waals surface area (Å²) in [5, 5.41) is 4.84. The summed E-state index contributed by atoms with van der Waals surface area (Å²) in [7, 11) is -3.68. The van der Waals surface area contributed by atoms with Gasteiger partial charge >= 0.3 is 0 Å². The summed E-state index contributed by atoms with van der Waals surface area (Å²) in [5.74, 6) is -0.221. The van der Waals surface area contributed by atoms with Crippen molar-refractivity contribution in [1.29, 1.82) is 0 Å². The van der Waals surface area contributed by atoms with Crippen molar-refractivity contribution >= 4 is 33.0 Å². The van der Waals surface area contributed by atoms with Crippen molar-refractivity contribution in [3.63, 3.8) is 0 Å². The monoisotopic (exact) mass is 386 g/mol. The molecule has 2 aromatic carbocycles. The summed E-state index contributed by atoms with van der Waals surface area (Å²) in [4.78, 5) is 13.5. The van der Waals surface area contributed by atoms with Crippen LogP contribution in [0.4, 0.5) is 5.69 Å². The van der Waals surface area contributed by atoms with Crippen molar-refractivity contribution in [1.82, 2.24) is 5.32 Å². The molecule has 0 aliphatic rings. The van der Waals surface area contributed by atoms with E-state index in [1.807, 2.05) is 23.6 Å². The molecule has 0 radical (unpaired) electrons. The molecule has 26 heavy (non-hydrogen) atoms. The Morgan fingerprint density at radius 2 is 1.65 bits per heavy atom. The van der Waals surface area contributed by atoms with Gasteiger partial charge in [-0.05, 0) is 54.3 Å². The third-order valence-electron chi connectivity index (χ3n) is 3.69. The van der Waals surface area contributed by atoms with Crippen LogP contribution in [-0.4, -0.2) is 20.9 Å². The van der Waals surface area contributed by atoms with Crippen molar-refractivity contribution in [3.8, 4) is 0 Å². The maximum Gasteiger partial charge on any atom is 0.261 e. The lowest BCUT2D eigenvalue weighted by Gasteiger charge is -2.09. The number of carbonyl (C=O) groups is 1. The molecular formula is C19H18N2O3S2. The normalized spacial score (nSPS) is 11.1. The smallest absolute Gasteiger partial charge is 0.261 e. The van der Waals surface area contributed by atoms with Crippen molar-refractivity contribution in [2.45, 2.75) is 11.3 Å². The van der Waals surface area contributed by atoms with Gasteiger partial charge < -0.3 is 5.32 Å². The molecule has 0 fully saturated rings. The second-order valence-corrected chi connectivity index (χ2v) is 8.30. The van der Waals surface area contributed by atoms with Crippen LogP contribution in [0.15, 0.2) is 77.0 Å². The lowest BCUT2D eigenvalue weighted by atomic mass is 10.2. The van der Waals surface area contributed by atoms with Crippen LogP contribution in [0.1, 0.15) is 15.2 Å². The van der Waals surface area contributed by atoms with E-state index in [-0.39, 0.29) is 10.8 Å². The molecule has 0 aliphatic carbocycles. The van der Waals surface area contributed by atoms with Gasteiger partial charge in [0, 0.05) is 22.7 Å². The van der Waals surface area contributed by atoms with Gasteiger partial charge in [-0.25, -0.2) is 8.42 Å². The summed E-state index contributed by atoms with van der Waals surface area (Å²) in [6, 6.07) is 18.5. The van der Waals surface area contributed by atoms with E-state index >= 15 is 0 Å². The highest BCUT2D eigenvalue weighted by Gasteiger charge is 2.15. The molecule has 5 nitrogen and oxygen atoms in total. The average Bonchev–Trinajstić information content (AvgIpc) is 3.16. The zero-order valence-corrected chi connectivity index (χ0v) is 15.5. The number of thiophene rings is 1. The summed E-state index contributed by atoms with van der Waals surface area (Å²) in [6.45, 7) is 0.537. The van der Waals surface area contributed by atoms with Gasteiger partial charge in [-0.15, -0.1) is 11.3 Å². The highest BCUT2D eigenvalue weighted by atomic mass is 32.2. The first kappa shape index (κ1) is 18.2. The Morgan fingerprint density at radius 1 is 0.923 bits per heavy atom. The first-order valence-corrected chi connectivity index (χ1v) is 10.4. The Bertz CT molecular complexity index is 952. The Morgan fingerprint density at radius 3 is 2.31 bits per heavy atom. The minimum absolute atomic E-state index is 0.108. The Kier molecular flexibility index (Phi) is 5.70. The SMILES string of the molecule is O=C(NCCc1cccs1)c1ccc(S(=O)(=O)Nc2ccccc2)cc1. The third kappa shape index (κ3) is 4.71. The van der Waals surface area contributed by atoms with Crippen LogP contribution in [0.3, 0.4) is 0 Å². The molecule has 3 rings (SSSR count). The summed E-state index contributed by atoms with van der Waals surface area (Å²) < 4.78 is 27.3. The number of benzene rings is 2. The molecule has 0 spiro atoms. The first-order chi connectivity index (χ1) is 12.5. The van der Waals surface area contributed by atoms with Gasteiger partial charge in [0.2, 0.25) is 0 Å². The van der Waals surface area contributed by atoms with Gasteiger partial charge in [0.15, 0.2) is 0 Å². The molecule has 134 valence electrons. The summed E-state index contributed by atoms with van der Waals surface area (Å²) in [5.41, 5.74) is 0.915.